The van der Waals surface area contributed by atoms with Gasteiger partial charge in [0.05, 0.1) is 21.6 Å². The van der Waals surface area contributed by atoms with Gasteiger partial charge in [0.25, 0.3) is 11.1 Å². The van der Waals surface area contributed by atoms with Gasteiger partial charge in [-0.2, -0.15) is 0 Å². The molecule has 0 aliphatic carbocycles. The molecule has 0 amide bonds. The van der Waals surface area contributed by atoms with Crippen molar-refractivity contribution >= 4 is 39.9 Å². The minimum atomic E-state index is -0.197. The topological polar surface area (TPSA) is 69.3 Å². The van der Waals surface area contributed by atoms with Crippen LogP contribution in [0.1, 0.15) is 12.6 Å². The molecule has 4 aromatic rings. The smallest absolute Gasteiger partial charge is 0.262 e. The summed E-state index contributed by atoms with van der Waals surface area (Å²) in [7, 11) is 0. The average molecular weight is 399 g/mol. The Kier molecular flexibility index (Phi) is 4.72. The molecule has 0 fully saturated rings. The molecule has 1 aromatic carbocycles. The molecule has 3 heterocycles. The van der Waals surface area contributed by atoms with Crippen molar-refractivity contribution in [3.05, 3.63) is 80.1 Å². The molecular weight excluding hydrogens is 384 g/mol. The molecule has 27 heavy (non-hydrogen) atoms. The molecule has 0 saturated heterocycles. The van der Waals surface area contributed by atoms with E-state index in [4.69, 9.17) is 11.6 Å². The van der Waals surface area contributed by atoms with Crippen LogP contribution in [-0.4, -0.2) is 18.9 Å². The number of benzene rings is 1. The molecule has 0 atom stereocenters. The lowest BCUT2D eigenvalue weighted by Crippen LogP contribution is -2.22. The van der Waals surface area contributed by atoms with Crippen molar-refractivity contribution in [1.82, 2.24) is 18.9 Å². The largest absolute Gasteiger partial charge is 0.287 e. The molecule has 0 N–H and O–H groups in total. The molecule has 0 saturated carbocycles. The molecule has 0 radical (unpaired) electrons. The van der Waals surface area contributed by atoms with Gasteiger partial charge in [-0.25, -0.2) is 9.97 Å². The van der Waals surface area contributed by atoms with Crippen molar-refractivity contribution < 1.29 is 0 Å². The van der Waals surface area contributed by atoms with Gasteiger partial charge in [0.15, 0.2) is 5.16 Å². The number of thioether (sulfide) groups is 1. The number of nitrogens with zero attached hydrogens (tertiary/aromatic N) is 4. The van der Waals surface area contributed by atoms with Gasteiger partial charge in [-0.05, 0) is 31.2 Å². The highest BCUT2D eigenvalue weighted by molar-refractivity contribution is 7.98. The summed E-state index contributed by atoms with van der Waals surface area (Å²) in [6.45, 7) is 2.43. The van der Waals surface area contributed by atoms with Crippen molar-refractivity contribution in [1.29, 1.82) is 0 Å². The fraction of sp³-hybridized carbons (Fsp3) is 0.158. The lowest BCUT2D eigenvalue weighted by atomic mass is 10.2. The summed E-state index contributed by atoms with van der Waals surface area (Å²) < 4.78 is 3.05. The van der Waals surface area contributed by atoms with E-state index >= 15 is 0 Å². The van der Waals surface area contributed by atoms with Crippen LogP contribution < -0.4 is 11.1 Å². The zero-order valence-corrected chi connectivity index (χ0v) is 16.0. The molecule has 0 unspecified atom stereocenters. The minimum absolute atomic E-state index is 0.0632. The van der Waals surface area contributed by atoms with Gasteiger partial charge in [-0.15, -0.1) is 0 Å². The van der Waals surface area contributed by atoms with E-state index in [-0.39, 0.29) is 11.1 Å². The number of pyridine rings is 1. The van der Waals surface area contributed by atoms with Crippen LogP contribution in [0.25, 0.3) is 16.6 Å². The molecule has 0 aliphatic rings. The Morgan fingerprint density at radius 2 is 1.93 bits per heavy atom. The van der Waals surface area contributed by atoms with Crippen LogP contribution in [0.4, 0.5) is 0 Å². The number of hydrogen-bond acceptors (Lipinski definition) is 5. The van der Waals surface area contributed by atoms with Crippen LogP contribution in [0.15, 0.2) is 63.4 Å². The summed E-state index contributed by atoms with van der Waals surface area (Å²) in [6, 6.07) is 12.2. The van der Waals surface area contributed by atoms with Gasteiger partial charge in [0.2, 0.25) is 0 Å². The first-order valence-corrected chi connectivity index (χ1v) is 9.73. The first-order valence-electron chi connectivity index (χ1n) is 8.37. The third-order valence-electron chi connectivity index (χ3n) is 4.17. The van der Waals surface area contributed by atoms with Crippen molar-refractivity contribution in [3.63, 3.8) is 0 Å². The number of halogens is 1. The highest BCUT2D eigenvalue weighted by Crippen LogP contribution is 2.21. The normalized spacial score (nSPS) is 11.3. The fourth-order valence-electron chi connectivity index (χ4n) is 2.88. The van der Waals surface area contributed by atoms with E-state index in [1.54, 1.807) is 29.0 Å². The summed E-state index contributed by atoms with van der Waals surface area (Å²) in [5.74, 6) is 0.430. The maximum Gasteiger partial charge on any atom is 0.262 e. The van der Waals surface area contributed by atoms with E-state index in [9.17, 15) is 9.59 Å². The molecule has 136 valence electrons. The van der Waals surface area contributed by atoms with E-state index in [2.05, 4.69) is 9.97 Å². The standard InChI is InChI=1S/C19H15ClN4O2S/c1-2-23-18(26)14-5-3-4-6-15(14)22-19(23)27-11-13-9-17(25)24-10-12(20)7-8-16(24)21-13/h3-10H,2,11H2,1H3. The molecular formula is C19H15ClN4O2S. The van der Waals surface area contributed by atoms with E-state index < -0.39 is 0 Å². The minimum Gasteiger partial charge on any atom is -0.287 e. The average Bonchev–Trinajstić information content (AvgIpc) is 2.67. The summed E-state index contributed by atoms with van der Waals surface area (Å²) in [5.41, 5.74) is 1.55. The highest BCUT2D eigenvalue weighted by atomic mass is 35.5. The Morgan fingerprint density at radius 3 is 2.74 bits per heavy atom. The molecule has 8 heteroatoms. The predicted molar refractivity (Wildman–Crippen MR) is 108 cm³/mol. The number of fused-ring (bicyclic) bond motifs is 2. The molecule has 0 bridgehead atoms. The number of para-hydroxylation sites is 1. The third-order valence-corrected chi connectivity index (χ3v) is 5.40. The van der Waals surface area contributed by atoms with Crippen LogP contribution in [0.2, 0.25) is 5.02 Å². The lowest BCUT2D eigenvalue weighted by Gasteiger charge is -2.11. The van der Waals surface area contributed by atoms with Crippen molar-refractivity contribution in [2.24, 2.45) is 0 Å². The monoisotopic (exact) mass is 398 g/mol. The highest BCUT2D eigenvalue weighted by Gasteiger charge is 2.11. The van der Waals surface area contributed by atoms with Gasteiger partial charge in [-0.1, -0.05) is 35.5 Å². The first kappa shape index (κ1) is 17.8. The summed E-state index contributed by atoms with van der Waals surface area (Å²) >= 11 is 7.32. The van der Waals surface area contributed by atoms with Crippen molar-refractivity contribution in [2.45, 2.75) is 24.4 Å². The second-order valence-corrected chi connectivity index (χ2v) is 7.29. The van der Waals surface area contributed by atoms with Gasteiger partial charge in [0.1, 0.15) is 5.65 Å². The zero-order valence-electron chi connectivity index (χ0n) is 14.4. The van der Waals surface area contributed by atoms with Crippen LogP contribution in [0.3, 0.4) is 0 Å². The third kappa shape index (κ3) is 3.36. The number of hydrogen-bond donors (Lipinski definition) is 0. The van der Waals surface area contributed by atoms with Crippen molar-refractivity contribution in [2.75, 3.05) is 0 Å². The number of aromatic nitrogens is 4. The second kappa shape index (κ2) is 7.17. The lowest BCUT2D eigenvalue weighted by molar-refractivity contribution is 0.634. The summed E-state index contributed by atoms with van der Waals surface area (Å²) in [5, 5.41) is 1.68. The SMILES string of the molecule is CCn1c(SCc2cc(=O)n3cc(Cl)ccc3n2)nc2ccccc2c1=O. The van der Waals surface area contributed by atoms with Crippen LogP contribution in [0, 0.1) is 0 Å². The number of rotatable bonds is 4. The Labute approximate surface area is 163 Å². The fourth-order valence-corrected chi connectivity index (χ4v) is 3.99. The zero-order chi connectivity index (χ0) is 19.0. The van der Waals surface area contributed by atoms with Crippen molar-refractivity contribution in [3.8, 4) is 0 Å². The Bertz CT molecular complexity index is 1280. The van der Waals surface area contributed by atoms with Crippen LogP contribution in [-0.2, 0) is 12.3 Å². The van der Waals surface area contributed by atoms with Gasteiger partial charge in [0, 0.05) is 24.6 Å². The Morgan fingerprint density at radius 1 is 1.11 bits per heavy atom. The molecule has 3 aromatic heterocycles. The van der Waals surface area contributed by atoms with Gasteiger partial charge < -0.3 is 0 Å². The summed E-state index contributed by atoms with van der Waals surface area (Å²) in [6.07, 6.45) is 1.54. The Balaban J connectivity index is 1.71. The molecule has 0 spiro atoms. The molecule has 6 nitrogen and oxygen atoms in total. The van der Waals surface area contributed by atoms with E-state index in [0.29, 0.717) is 44.7 Å². The quantitative estimate of drug-likeness (QED) is 0.389. The second-order valence-electron chi connectivity index (χ2n) is 5.91. The van der Waals surface area contributed by atoms with Crippen LogP contribution in [0.5, 0.6) is 0 Å². The molecule has 4 rings (SSSR count). The first-order chi connectivity index (χ1) is 13.1. The van der Waals surface area contributed by atoms with E-state index in [0.717, 1.165) is 0 Å². The molecule has 0 aliphatic heterocycles. The maximum atomic E-state index is 12.7. The van der Waals surface area contributed by atoms with Crippen LogP contribution >= 0.6 is 23.4 Å². The van der Waals surface area contributed by atoms with Gasteiger partial charge in [-0.3, -0.25) is 18.6 Å². The van der Waals surface area contributed by atoms with E-state index in [1.807, 2.05) is 25.1 Å². The van der Waals surface area contributed by atoms with Gasteiger partial charge >= 0.3 is 0 Å². The Hall–Kier alpha value is -2.64. The van der Waals surface area contributed by atoms with E-state index in [1.165, 1.54) is 22.2 Å². The maximum absolute atomic E-state index is 12.7. The summed E-state index contributed by atoms with van der Waals surface area (Å²) in [4.78, 5) is 34.1. The predicted octanol–water partition coefficient (Wildman–Crippen LogP) is 3.37.